The van der Waals surface area contributed by atoms with Gasteiger partial charge in [-0.1, -0.05) is 12.1 Å². The molecule has 2 saturated heterocycles. The lowest BCUT2D eigenvalue weighted by atomic mass is 9.72. The van der Waals surface area contributed by atoms with Crippen LogP contribution in [0.25, 0.3) is 0 Å². The average molecular weight is 384 g/mol. The van der Waals surface area contributed by atoms with Crippen molar-refractivity contribution in [2.24, 2.45) is 5.41 Å². The molecule has 0 saturated carbocycles. The summed E-state index contributed by atoms with van der Waals surface area (Å²) in [7, 11) is 0. The Morgan fingerprint density at radius 3 is 2.64 bits per heavy atom. The number of amides is 1. The number of hydrogen-bond acceptors (Lipinski definition) is 7. The lowest BCUT2D eigenvalue weighted by molar-refractivity contribution is -0.140. The van der Waals surface area contributed by atoms with Crippen molar-refractivity contribution < 1.29 is 9.32 Å². The Bertz CT molecular complexity index is 810. The Kier molecular flexibility index (Phi) is 5.39. The van der Waals surface area contributed by atoms with Crippen LogP contribution in [0.15, 0.2) is 16.9 Å². The topological polar surface area (TPSA) is 88.3 Å². The van der Waals surface area contributed by atoms with E-state index in [1.165, 1.54) is 0 Å². The minimum atomic E-state index is 0.214. The molecule has 2 aliphatic rings. The van der Waals surface area contributed by atoms with E-state index in [0.29, 0.717) is 25.4 Å². The van der Waals surface area contributed by atoms with Gasteiger partial charge in [-0.2, -0.15) is 4.98 Å². The van der Waals surface area contributed by atoms with E-state index in [-0.39, 0.29) is 11.3 Å². The van der Waals surface area contributed by atoms with Crippen LogP contribution in [-0.4, -0.2) is 55.4 Å². The van der Waals surface area contributed by atoms with Crippen LogP contribution in [0.3, 0.4) is 0 Å². The van der Waals surface area contributed by atoms with Crippen LogP contribution in [-0.2, 0) is 24.3 Å². The highest BCUT2D eigenvalue weighted by molar-refractivity contribution is 5.77. The molecule has 0 unspecified atom stereocenters. The predicted octanol–water partition coefficient (Wildman–Crippen LogP) is 2.14. The van der Waals surface area contributed by atoms with Gasteiger partial charge in [0.2, 0.25) is 11.8 Å². The van der Waals surface area contributed by atoms with Crippen molar-refractivity contribution in [3.8, 4) is 0 Å². The molecule has 2 fully saturated rings. The lowest BCUT2D eigenvalue weighted by Crippen LogP contribution is -2.51. The van der Waals surface area contributed by atoms with Gasteiger partial charge in [0.25, 0.3) is 0 Å². The standard InChI is InChI=1S/C20H28N6O2/c1-3-17-23-18(28-24-17)13-25-8-6-20(7-9-25)5-4-19(27)26(14-20)12-16-11-21-15(2)10-22-16/h10-11H,3-9,12-14H2,1-2H3. The number of carbonyl (C=O) groups is 1. The average Bonchev–Trinajstić information content (AvgIpc) is 3.16. The molecule has 2 aliphatic heterocycles. The Balaban J connectivity index is 1.34. The van der Waals surface area contributed by atoms with E-state index in [9.17, 15) is 4.79 Å². The first kappa shape index (κ1) is 19.0. The smallest absolute Gasteiger partial charge is 0.240 e. The molecule has 8 nitrogen and oxygen atoms in total. The van der Waals surface area contributed by atoms with E-state index in [2.05, 4.69) is 25.0 Å². The minimum Gasteiger partial charge on any atom is -0.338 e. The maximum atomic E-state index is 12.5. The first-order chi connectivity index (χ1) is 13.5. The van der Waals surface area contributed by atoms with E-state index >= 15 is 0 Å². The third kappa shape index (κ3) is 4.22. The van der Waals surface area contributed by atoms with Gasteiger partial charge in [-0.25, -0.2) is 0 Å². The van der Waals surface area contributed by atoms with E-state index in [1.54, 1.807) is 12.4 Å². The number of carbonyl (C=O) groups excluding carboxylic acids is 1. The third-order valence-electron chi connectivity index (χ3n) is 6.04. The SMILES string of the molecule is CCc1noc(CN2CCC3(CCC(=O)N(Cc4cnc(C)cn4)C3)CC2)n1. The number of hydrogen-bond donors (Lipinski definition) is 0. The van der Waals surface area contributed by atoms with Crippen LogP contribution >= 0.6 is 0 Å². The molecule has 2 aromatic rings. The first-order valence-electron chi connectivity index (χ1n) is 10.1. The molecule has 0 atom stereocenters. The van der Waals surface area contributed by atoms with Crippen LogP contribution in [0, 0.1) is 12.3 Å². The fraction of sp³-hybridized carbons (Fsp3) is 0.650. The number of nitrogens with zero attached hydrogens (tertiary/aromatic N) is 6. The summed E-state index contributed by atoms with van der Waals surface area (Å²) in [5.74, 6) is 1.70. The van der Waals surface area contributed by atoms with Crippen molar-refractivity contribution in [3.05, 3.63) is 35.5 Å². The van der Waals surface area contributed by atoms with Gasteiger partial charge in [0.05, 0.1) is 30.7 Å². The maximum absolute atomic E-state index is 12.5. The Morgan fingerprint density at radius 1 is 1.14 bits per heavy atom. The van der Waals surface area contributed by atoms with E-state index in [0.717, 1.165) is 62.5 Å². The molecule has 0 N–H and O–H groups in total. The summed E-state index contributed by atoms with van der Waals surface area (Å²) in [5.41, 5.74) is 1.97. The van der Waals surface area contributed by atoms with Crippen molar-refractivity contribution in [2.75, 3.05) is 19.6 Å². The monoisotopic (exact) mass is 384 g/mol. The first-order valence-corrected chi connectivity index (χ1v) is 10.1. The van der Waals surface area contributed by atoms with Crippen LogP contribution in [0.4, 0.5) is 0 Å². The summed E-state index contributed by atoms with van der Waals surface area (Å²) >= 11 is 0. The third-order valence-corrected chi connectivity index (χ3v) is 6.04. The van der Waals surface area contributed by atoms with Crippen LogP contribution in [0.2, 0.25) is 0 Å². The molecule has 1 amide bonds. The second-order valence-corrected chi connectivity index (χ2v) is 8.13. The predicted molar refractivity (Wildman–Crippen MR) is 102 cm³/mol. The maximum Gasteiger partial charge on any atom is 0.240 e. The zero-order valence-corrected chi connectivity index (χ0v) is 16.7. The molecule has 0 aromatic carbocycles. The number of aromatic nitrogens is 4. The lowest BCUT2D eigenvalue weighted by Gasteiger charge is -2.47. The van der Waals surface area contributed by atoms with Crippen LogP contribution in [0.5, 0.6) is 0 Å². The summed E-state index contributed by atoms with van der Waals surface area (Å²) in [5, 5.41) is 3.98. The summed E-state index contributed by atoms with van der Waals surface area (Å²) in [4.78, 5) is 30.0. The fourth-order valence-corrected chi connectivity index (χ4v) is 4.23. The van der Waals surface area contributed by atoms with Gasteiger partial charge in [0.15, 0.2) is 5.82 Å². The Labute approximate surface area is 165 Å². The van der Waals surface area contributed by atoms with E-state index in [1.807, 2.05) is 18.7 Å². The second kappa shape index (κ2) is 7.95. The molecular formula is C20H28N6O2. The van der Waals surface area contributed by atoms with Gasteiger partial charge < -0.3 is 9.42 Å². The molecule has 0 bridgehead atoms. The number of rotatable bonds is 5. The second-order valence-electron chi connectivity index (χ2n) is 8.13. The van der Waals surface area contributed by atoms with Crippen LogP contribution < -0.4 is 0 Å². The Morgan fingerprint density at radius 2 is 1.96 bits per heavy atom. The zero-order chi connectivity index (χ0) is 19.6. The molecule has 150 valence electrons. The number of likely N-dealkylation sites (tertiary alicyclic amines) is 2. The molecule has 2 aromatic heterocycles. The summed E-state index contributed by atoms with van der Waals surface area (Å²) in [6.07, 6.45) is 8.12. The molecule has 0 aliphatic carbocycles. The summed E-state index contributed by atoms with van der Waals surface area (Å²) < 4.78 is 5.33. The zero-order valence-electron chi connectivity index (χ0n) is 16.7. The number of aryl methyl sites for hydroxylation is 2. The van der Waals surface area contributed by atoms with E-state index < -0.39 is 0 Å². The van der Waals surface area contributed by atoms with Gasteiger partial charge >= 0.3 is 0 Å². The molecule has 4 rings (SSSR count). The summed E-state index contributed by atoms with van der Waals surface area (Å²) in [6, 6.07) is 0. The highest BCUT2D eigenvalue weighted by atomic mass is 16.5. The molecule has 8 heteroatoms. The van der Waals surface area contributed by atoms with Crippen LogP contribution in [0.1, 0.15) is 55.7 Å². The van der Waals surface area contributed by atoms with Crippen molar-refractivity contribution in [1.29, 1.82) is 0 Å². The molecule has 1 spiro atoms. The molecule has 4 heterocycles. The van der Waals surface area contributed by atoms with Gasteiger partial charge in [-0.05, 0) is 44.7 Å². The molecule has 0 radical (unpaired) electrons. The van der Waals surface area contributed by atoms with Crippen molar-refractivity contribution in [3.63, 3.8) is 0 Å². The van der Waals surface area contributed by atoms with E-state index in [4.69, 9.17) is 4.52 Å². The largest absolute Gasteiger partial charge is 0.338 e. The summed E-state index contributed by atoms with van der Waals surface area (Å²) in [6.45, 7) is 8.02. The van der Waals surface area contributed by atoms with Gasteiger partial charge in [0.1, 0.15) is 0 Å². The van der Waals surface area contributed by atoms with Gasteiger partial charge in [-0.3, -0.25) is 19.7 Å². The van der Waals surface area contributed by atoms with Gasteiger partial charge in [-0.15, -0.1) is 0 Å². The quantitative estimate of drug-likeness (QED) is 0.780. The van der Waals surface area contributed by atoms with Crippen molar-refractivity contribution >= 4 is 5.91 Å². The molecular weight excluding hydrogens is 356 g/mol. The normalized spacial score (nSPS) is 20.1. The molecule has 28 heavy (non-hydrogen) atoms. The highest BCUT2D eigenvalue weighted by Crippen LogP contribution is 2.40. The highest BCUT2D eigenvalue weighted by Gasteiger charge is 2.41. The van der Waals surface area contributed by atoms with Crippen molar-refractivity contribution in [1.82, 2.24) is 29.9 Å². The Hall–Kier alpha value is -2.35. The number of piperidine rings is 2. The fourth-order valence-electron chi connectivity index (χ4n) is 4.23. The van der Waals surface area contributed by atoms with Crippen molar-refractivity contribution in [2.45, 2.75) is 59.0 Å². The minimum absolute atomic E-state index is 0.214. The van der Waals surface area contributed by atoms with Gasteiger partial charge in [0, 0.05) is 25.6 Å².